The van der Waals surface area contributed by atoms with Crippen LogP contribution in [0, 0.1) is 0 Å². The van der Waals surface area contributed by atoms with Gasteiger partial charge in [-0.25, -0.2) is 0 Å². The molecule has 1 amide bonds. The Balaban J connectivity index is 1.78. The Kier molecular flexibility index (Phi) is 5.18. The SMILES string of the molecule is CNCC(=O)Nc1ccc(OCC2CCCO2)cc1. The molecule has 0 saturated carbocycles. The molecule has 5 nitrogen and oxygen atoms in total. The summed E-state index contributed by atoms with van der Waals surface area (Å²) in [6, 6.07) is 7.37. The molecule has 1 aliphatic rings. The van der Waals surface area contributed by atoms with E-state index in [1.807, 2.05) is 24.3 Å². The molecule has 0 radical (unpaired) electrons. The number of benzene rings is 1. The van der Waals surface area contributed by atoms with E-state index in [9.17, 15) is 4.79 Å². The van der Waals surface area contributed by atoms with Crippen LogP contribution >= 0.6 is 0 Å². The van der Waals surface area contributed by atoms with Crippen LogP contribution in [0.25, 0.3) is 0 Å². The Hall–Kier alpha value is -1.59. The summed E-state index contributed by atoms with van der Waals surface area (Å²) in [5.74, 6) is 0.734. The molecule has 1 fully saturated rings. The first-order valence-corrected chi connectivity index (χ1v) is 6.57. The first-order chi connectivity index (χ1) is 9.28. The van der Waals surface area contributed by atoms with E-state index in [0.29, 0.717) is 13.2 Å². The second-order valence-electron chi connectivity index (χ2n) is 4.55. The third kappa shape index (κ3) is 4.54. The van der Waals surface area contributed by atoms with Gasteiger partial charge in [-0.3, -0.25) is 4.79 Å². The Morgan fingerprint density at radius 2 is 2.21 bits per heavy atom. The van der Waals surface area contributed by atoms with Crippen molar-refractivity contribution in [2.75, 3.05) is 32.1 Å². The molecule has 1 aromatic carbocycles. The molecule has 0 aromatic heterocycles. The van der Waals surface area contributed by atoms with Crippen LogP contribution in [0.15, 0.2) is 24.3 Å². The summed E-state index contributed by atoms with van der Waals surface area (Å²) in [6.07, 6.45) is 2.40. The minimum atomic E-state index is -0.0597. The van der Waals surface area contributed by atoms with Gasteiger partial charge in [0.05, 0.1) is 12.6 Å². The maximum atomic E-state index is 11.4. The van der Waals surface area contributed by atoms with Crippen molar-refractivity contribution in [1.29, 1.82) is 0 Å². The second-order valence-corrected chi connectivity index (χ2v) is 4.55. The zero-order valence-corrected chi connectivity index (χ0v) is 11.1. The van der Waals surface area contributed by atoms with Crippen molar-refractivity contribution in [3.63, 3.8) is 0 Å². The fraction of sp³-hybridized carbons (Fsp3) is 0.500. The van der Waals surface area contributed by atoms with Crippen LogP contribution in [0.4, 0.5) is 5.69 Å². The number of rotatable bonds is 6. The fourth-order valence-corrected chi connectivity index (χ4v) is 1.97. The summed E-state index contributed by atoms with van der Waals surface area (Å²) in [6.45, 7) is 1.73. The molecule has 0 aliphatic carbocycles. The molecule has 2 N–H and O–H groups in total. The van der Waals surface area contributed by atoms with Crippen molar-refractivity contribution in [3.8, 4) is 5.75 Å². The zero-order valence-electron chi connectivity index (χ0n) is 11.1. The van der Waals surface area contributed by atoms with Gasteiger partial charge in [-0.1, -0.05) is 0 Å². The highest BCUT2D eigenvalue weighted by Gasteiger charge is 2.15. The minimum Gasteiger partial charge on any atom is -0.491 e. The Morgan fingerprint density at radius 1 is 1.42 bits per heavy atom. The number of ether oxygens (including phenoxy) is 2. The molecule has 104 valence electrons. The Labute approximate surface area is 113 Å². The quantitative estimate of drug-likeness (QED) is 0.815. The first-order valence-electron chi connectivity index (χ1n) is 6.57. The van der Waals surface area contributed by atoms with Crippen molar-refractivity contribution < 1.29 is 14.3 Å². The van der Waals surface area contributed by atoms with Gasteiger partial charge in [-0.15, -0.1) is 0 Å². The van der Waals surface area contributed by atoms with Gasteiger partial charge in [-0.05, 0) is 44.2 Å². The van der Waals surface area contributed by atoms with E-state index in [0.717, 1.165) is 30.9 Å². The van der Waals surface area contributed by atoms with Crippen LogP contribution in [0.5, 0.6) is 5.75 Å². The average Bonchev–Trinajstić information content (AvgIpc) is 2.91. The van der Waals surface area contributed by atoms with E-state index in [4.69, 9.17) is 9.47 Å². The first kappa shape index (κ1) is 13.8. The normalized spacial score (nSPS) is 18.3. The number of likely N-dealkylation sites (N-methyl/N-ethyl adjacent to an activating group) is 1. The summed E-state index contributed by atoms with van der Waals surface area (Å²) in [5.41, 5.74) is 0.768. The molecule has 1 saturated heterocycles. The maximum absolute atomic E-state index is 11.4. The van der Waals surface area contributed by atoms with Gasteiger partial charge in [0.1, 0.15) is 12.4 Å². The molecular weight excluding hydrogens is 244 g/mol. The summed E-state index contributed by atoms with van der Waals surface area (Å²) < 4.78 is 11.1. The predicted molar refractivity (Wildman–Crippen MR) is 73.5 cm³/mol. The molecule has 1 unspecified atom stereocenters. The highest BCUT2D eigenvalue weighted by Crippen LogP contribution is 2.18. The summed E-state index contributed by atoms with van der Waals surface area (Å²) in [4.78, 5) is 11.4. The zero-order chi connectivity index (χ0) is 13.5. The van der Waals surface area contributed by atoms with E-state index >= 15 is 0 Å². The molecule has 1 heterocycles. The molecule has 19 heavy (non-hydrogen) atoms. The van der Waals surface area contributed by atoms with Crippen LogP contribution in [-0.2, 0) is 9.53 Å². The lowest BCUT2D eigenvalue weighted by Crippen LogP contribution is -2.24. The van der Waals surface area contributed by atoms with Crippen LogP contribution in [0.1, 0.15) is 12.8 Å². The standard InChI is InChI=1S/C14H20N2O3/c1-15-9-14(17)16-11-4-6-12(7-5-11)19-10-13-3-2-8-18-13/h4-7,13,15H,2-3,8-10H2,1H3,(H,16,17). The van der Waals surface area contributed by atoms with E-state index in [1.54, 1.807) is 7.05 Å². The highest BCUT2D eigenvalue weighted by molar-refractivity contribution is 5.92. The van der Waals surface area contributed by atoms with Gasteiger partial charge in [0.15, 0.2) is 0 Å². The molecule has 0 spiro atoms. The third-order valence-corrected chi connectivity index (χ3v) is 2.94. The van der Waals surface area contributed by atoms with E-state index in [2.05, 4.69) is 10.6 Å². The van der Waals surface area contributed by atoms with Gasteiger partial charge in [-0.2, -0.15) is 0 Å². The minimum absolute atomic E-state index is 0.0597. The molecule has 0 bridgehead atoms. The summed E-state index contributed by atoms with van der Waals surface area (Å²) in [7, 11) is 1.74. The lowest BCUT2D eigenvalue weighted by molar-refractivity contribution is -0.115. The van der Waals surface area contributed by atoms with Crippen LogP contribution in [-0.4, -0.2) is 38.8 Å². The molecule has 1 aromatic rings. The van der Waals surface area contributed by atoms with Crippen molar-refractivity contribution in [2.24, 2.45) is 0 Å². The van der Waals surface area contributed by atoms with Crippen molar-refractivity contribution in [1.82, 2.24) is 5.32 Å². The van der Waals surface area contributed by atoms with Crippen molar-refractivity contribution >= 4 is 11.6 Å². The number of amides is 1. The Bertz CT molecular complexity index is 400. The van der Waals surface area contributed by atoms with Crippen LogP contribution in [0.3, 0.4) is 0 Å². The highest BCUT2D eigenvalue weighted by atomic mass is 16.5. The Morgan fingerprint density at radius 3 is 2.84 bits per heavy atom. The number of carbonyl (C=O) groups is 1. The lowest BCUT2D eigenvalue weighted by atomic mass is 10.2. The summed E-state index contributed by atoms with van der Waals surface area (Å²) >= 11 is 0. The largest absolute Gasteiger partial charge is 0.491 e. The maximum Gasteiger partial charge on any atom is 0.238 e. The predicted octanol–water partition coefficient (Wildman–Crippen LogP) is 1.40. The third-order valence-electron chi connectivity index (χ3n) is 2.94. The van der Waals surface area contributed by atoms with Crippen LogP contribution < -0.4 is 15.4 Å². The van der Waals surface area contributed by atoms with Gasteiger partial charge >= 0.3 is 0 Å². The van der Waals surface area contributed by atoms with Crippen LogP contribution in [0.2, 0.25) is 0 Å². The number of hydrogen-bond donors (Lipinski definition) is 2. The van der Waals surface area contributed by atoms with E-state index < -0.39 is 0 Å². The number of nitrogens with one attached hydrogen (secondary N) is 2. The number of carbonyl (C=O) groups excluding carboxylic acids is 1. The number of hydrogen-bond acceptors (Lipinski definition) is 4. The van der Waals surface area contributed by atoms with Crippen molar-refractivity contribution in [3.05, 3.63) is 24.3 Å². The average molecular weight is 264 g/mol. The molecule has 1 atom stereocenters. The molecule has 5 heteroatoms. The van der Waals surface area contributed by atoms with Gasteiger partial charge in [0.25, 0.3) is 0 Å². The molecule has 1 aliphatic heterocycles. The smallest absolute Gasteiger partial charge is 0.238 e. The van der Waals surface area contributed by atoms with Crippen molar-refractivity contribution in [2.45, 2.75) is 18.9 Å². The monoisotopic (exact) mass is 264 g/mol. The fourth-order valence-electron chi connectivity index (χ4n) is 1.97. The second kappa shape index (κ2) is 7.11. The van der Waals surface area contributed by atoms with Gasteiger partial charge < -0.3 is 20.1 Å². The lowest BCUT2D eigenvalue weighted by Gasteiger charge is -2.12. The summed E-state index contributed by atoms with van der Waals surface area (Å²) in [5, 5.41) is 5.59. The van der Waals surface area contributed by atoms with E-state index in [-0.39, 0.29) is 12.0 Å². The van der Waals surface area contributed by atoms with E-state index in [1.165, 1.54) is 0 Å². The number of anilines is 1. The van der Waals surface area contributed by atoms with Gasteiger partial charge in [0.2, 0.25) is 5.91 Å². The topological polar surface area (TPSA) is 59.6 Å². The van der Waals surface area contributed by atoms with Gasteiger partial charge in [0, 0.05) is 12.3 Å². The molecule has 2 rings (SSSR count). The molecular formula is C14H20N2O3.